The Labute approximate surface area is 163 Å². The van der Waals surface area contributed by atoms with E-state index in [0.717, 1.165) is 7.11 Å². The standard InChI is InChI=1S/C18H16N4O7/c1-26-7-4-5-9-8(6-7)18(17(25)20-9)10-12(16(24)28-3)21-22-14(10)29-13(19)11(18)15(23)27-2/h4-6H,19H2,1-3H3,(H,20,25)(H,21,22). The smallest absolute Gasteiger partial charge is 0.356 e. The first-order valence-electron chi connectivity index (χ1n) is 8.33. The number of benzene rings is 1. The van der Waals surface area contributed by atoms with Crippen LogP contribution >= 0.6 is 0 Å². The Balaban J connectivity index is 2.15. The molecule has 2 aliphatic heterocycles. The first kappa shape index (κ1) is 18.3. The molecule has 1 aromatic carbocycles. The number of ether oxygens (including phenoxy) is 4. The lowest BCUT2D eigenvalue weighted by Crippen LogP contribution is -2.46. The number of aromatic nitrogens is 2. The molecular weight excluding hydrogens is 384 g/mol. The third-order valence-corrected chi connectivity index (χ3v) is 4.93. The molecule has 2 aliphatic rings. The topological polar surface area (TPSA) is 155 Å². The van der Waals surface area contributed by atoms with Crippen molar-refractivity contribution in [3.63, 3.8) is 0 Å². The molecule has 1 aromatic heterocycles. The number of methoxy groups -OCH3 is 3. The summed E-state index contributed by atoms with van der Waals surface area (Å²) in [6.45, 7) is 0. The van der Waals surface area contributed by atoms with E-state index in [2.05, 4.69) is 15.5 Å². The van der Waals surface area contributed by atoms with Crippen molar-refractivity contribution in [3.05, 3.63) is 46.5 Å². The van der Waals surface area contributed by atoms with Gasteiger partial charge in [-0.05, 0) is 18.2 Å². The number of fused-ring (bicyclic) bond motifs is 4. The van der Waals surface area contributed by atoms with Crippen LogP contribution in [-0.4, -0.2) is 49.4 Å². The van der Waals surface area contributed by atoms with E-state index in [-0.39, 0.29) is 28.6 Å². The normalized spacial score (nSPS) is 19.2. The highest BCUT2D eigenvalue weighted by atomic mass is 16.5. The fourth-order valence-corrected chi connectivity index (χ4v) is 3.72. The van der Waals surface area contributed by atoms with Crippen molar-refractivity contribution in [2.24, 2.45) is 5.73 Å². The summed E-state index contributed by atoms with van der Waals surface area (Å²) in [7, 11) is 3.77. The van der Waals surface area contributed by atoms with Crippen LogP contribution in [-0.2, 0) is 24.5 Å². The average molecular weight is 400 g/mol. The number of rotatable bonds is 3. The van der Waals surface area contributed by atoms with Gasteiger partial charge < -0.3 is 30.0 Å². The van der Waals surface area contributed by atoms with E-state index < -0.39 is 23.3 Å². The average Bonchev–Trinajstić information content (AvgIpc) is 3.26. The summed E-state index contributed by atoms with van der Waals surface area (Å²) in [5.41, 5.74) is 4.39. The molecule has 29 heavy (non-hydrogen) atoms. The van der Waals surface area contributed by atoms with E-state index in [0.29, 0.717) is 17.0 Å². The maximum Gasteiger partial charge on any atom is 0.356 e. The second-order valence-corrected chi connectivity index (χ2v) is 6.22. The summed E-state index contributed by atoms with van der Waals surface area (Å²) in [4.78, 5) is 38.5. The Bertz CT molecular complexity index is 1100. The van der Waals surface area contributed by atoms with Gasteiger partial charge >= 0.3 is 11.9 Å². The molecule has 4 N–H and O–H groups in total. The number of carbonyl (C=O) groups is 3. The Hall–Kier alpha value is -4.02. The Morgan fingerprint density at radius 2 is 1.90 bits per heavy atom. The van der Waals surface area contributed by atoms with E-state index in [9.17, 15) is 14.4 Å². The van der Waals surface area contributed by atoms with Gasteiger partial charge in [-0.25, -0.2) is 9.59 Å². The van der Waals surface area contributed by atoms with Crippen molar-refractivity contribution in [1.29, 1.82) is 0 Å². The van der Waals surface area contributed by atoms with E-state index in [1.807, 2.05) is 0 Å². The third-order valence-electron chi connectivity index (χ3n) is 4.93. The lowest BCUT2D eigenvalue weighted by atomic mass is 9.68. The number of nitrogens with zero attached hydrogens (tertiary/aromatic N) is 1. The maximum atomic E-state index is 13.4. The summed E-state index contributed by atoms with van der Waals surface area (Å²) >= 11 is 0. The maximum absolute atomic E-state index is 13.4. The van der Waals surface area contributed by atoms with Gasteiger partial charge in [-0.15, -0.1) is 5.10 Å². The summed E-state index contributed by atoms with van der Waals surface area (Å²) in [6, 6.07) is 4.81. The molecular formula is C18H16N4O7. The van der Waals surface area contributed by atoms with Crippen molar-refractivity contribution in [1.82, 2.24) is 10.2 Å². The number of esters is 2. The number of nitrogens with one attached hydrogen (secondary N) is 2. The molecule has 0 radical (unpaired) electrons. The lowest BCUT2D eigenvalue weighted by Gasteiger charge is -2.33. The molecule has 150 valence electrons. The number of aromatic amines is 1. The largest absolute Gasteiger partial charge is 0.497 e. The highest BCUT2D eigenvalue weighted by molar-refractivity contribution is 6.18. The van der Waals surface area contributed by atoms with Crippen molar-refractivity contribution in [3.8, 4) is 11.6 Å². The molecule has 1 amide bonds. The van der Waals surface area contributed by atoms with Crippen LogP contribution < -0.4 is 20.5 Å². The molecule has 1 spiro atoms. The zero-order valence-corrected chi connectivity index (χ0v) is 15.6. The number of amides is 1. The van der Waals surface area contributed by atoms with Crippen molar-refractivity contribution in [2.45, 2.75) is 5.41 Å². The van der Waals surface area contributed by atoms with Crippen molar-refractivity contribution in [2.75, 3.05) is 26.6 Å². The fourth-order valence-electron chi connectivity index (χ4n) is 3.72. The second-order valence-electron chi connectivity index (χ2n) is 6.22. The van der Waals surface area contributed by atoms with E-state index in [4.69, 9.17) is 24.7 Å². The molecule has 0 fully saturated rings. The Morgan fingerprint density at radius 1 is 1.17 bits per heavy atom. The second kappa shape index (κ2) is 6.26. The Morgan fingerprint density at radius 3 is 2.55 bits per heavy atom. The van der Waals surface area contributed by atoms with Gasteiger partial charge in [0.15, 0.2) is 5.69 Å². The minimum Gasteiger partial charge on any atom is -0.497 e. The van der Waals surface area contributed by atoms with Gasteiger partial charge in [-0.2, -0.15) is 0 Å². The molecule has 11 heteroatoms. The van der Waals surface area contributed by atoms with Crippen LogP contribution in [0.4, 0.5) is 5.69 Å². The van der Waals surface area contributed by atoms with Crippen molar-refractivity contribution >= 4 is 23.5 Å². The summed E-state index contributed by atoms with van der Waals surface area (Å²) in [5, 5.41) is 9.15. The zero-order valence-electron chi connectivity index (χ0n) is 15.6. The predicted molar refractivity (Wildman–Crippen MR) is 96.2 cm³/mol. The molecule has 0 saturated heterocycles. The highest BCUT2D eigenvalue weighted by Crippen LogP contribution is 2.54. The van der Waals surface area contributed by atoms with E-state index >= 15 is 0 Å². The van der Waals surface area contributed by atoms with Crippen molar-refractivity contribution < 1.29 is 33.3 Å². The summed E-state index contributed by atoms with van der Waals surface area (Å²) in [5.74, 6) is -2.45. The molecule has 4 rings (SSSR count). The first-order chi connectivity index (χ1) is 13.9. The van der Waals surface area contributed by atoms with Gasteiger partial charge in [-0.3, -0.25) is 9.89 Å². The fraction of sp³-hybridized carbons (Fsp3) is 0.222. The van der Waals surface area contributed by atoms with Crippen LogP contribution in [0.5, 0.6) is 11.6 Å². The van der Waals surface area contributed by atoms with Crippen LogP contribution in [0.2, 0.25) is 0 Å². The van der Waals surface area contributed by atoms with Gasteiger partial charge in [0, 0.05) is 11.3 Å². The zero-order chi connectivity index (χ0) is 20.9. The number of anilines is 1. The Kier molecular flexibility index (Phi) is 3.96. The number of nitrogens with two attached hydrogens (primary N) is 1. The van der Waals surface area contributed by atoms with Gasteiger partial charge in [0.25, 0.3) is 0 Å². The summed E-state index contributed by atoms with van der Waals surface area (Å²) in [6.07, 6.45) is 0. The lowest BCUT2D eigenvalue weighted by molar-refractivity contribution is -0.138. The molecule has 1 unspecified atom stereocenters. The third kappa shape index (κ3) is 2.24. The quantitative estimate of drug-likeness (QED) is 0.612. The van der Waals surface area contributed by atoms with E-state index in [1.165, 1.54) is 14.2 Å². The monoisotopic (exact) mass is 400 g/mol. The SMILES string of the molecule is COC(=O)C1=C(N)Oc2n[nH]c(C(=O)OC)c2C12C(=O)Nc1ccc(OC)cc12. The van der Waals surface area contributed by atoms with E-state index in [1.54, 1.807) is 18.2 Å². The highest BCUT2D eigenvalue weighted by Gasteiger charge is 2.61. The van der Waals surface area contributed by atoms with Crippen LogP contribution in [0, 0.1) is 0 Å². The number of hydrogen-bond acceptors (Lipinski definition) is 9. The number of hydrogen-bond donors (Lipinski definition) is 3. The molecule has 0 saturated carbocycles. The number of H-pyrrole nitrogens is 1. The molecule has 0 aliphatic carbocycles. The molecule has 1 atom stereocenters. The molecule has 2 aromatic rings. The minimum absolute atomic E-state index is 0.0107. The predicted octanol–water partition coefficient (Wildman–Crippen LogP) is 0.179. The van der Waals surface area contributed by atoms with Crippen LogP contribution in [0.15, 0.2) is 29.7 Å². The van der Waals surface area contributed by atoms with Crippen LogP contribution in [0.1, 0.15) is 21.6 Å². The van der Waals surface area contributed by atoms with Gasteiger partial charge in [0.2, 0.25) is 17.7 Å². The first-order valence-corrected chi connectivity index (χ1v) is 8.33. The number of carbonyl (C=O) groups excluding carboxylic acids is 3. The van der Waals surface area contributed by atoms with Gasteiger partial charge in [0.1, 0.15) is 16.7 Å². The minimum atomic E-state index is -1.87. The molecule has 3 heterocycles. The van der Waals surface area contributed by atoms with Crippen LogP contribution in [0.3, 0.4) is 0 Å². The van der Waals surface area contributed by atoms with Gasteiger partial charge in [-0.1, -0.05) is 0 Å². The molecule has 11 nitrogen and oxygen atoms in total. The van der Waals surface area contributed by atoms with Crippen LogP contribution in [0.25, 0.3) is 0 Å². The molecule has 0 bridgehead atoms. The summed E-state index contributed by atoms with van der Waals surface area (Å²) < 4.78 is 20.4. The van der Waals surface area contributed by atoms with Gasteiger partial charge in [0.05, 0.1) is 26.9 Å².